The van der Waals surface area contributed by atoms with Crippen molar-refractivity contribution in [3.8, 4) is 0 Å². The maximum Gasteiger partial charge on any atom is 0.337 e. The van der Waals surface area contributed by atoms with Crippen molar-refractivity contribution in [1.29, 1.82) is 0 Å². The van der Waals surface area contributed by atoms with Gasteiger partial charge in [0.05, 0.1) is 12.7 Å². The number of methoxy groups -OCH3 is 1. The highest BCUT2D eigenvalue weighted by Crippen LogP contribution is 2.18. The number of hydrogen-bond acceptors (Lipinski definition) is 5. The number of rotatable bonds is 3. The summed E-state index contributed by atoms with van der Waals surface area (Å²) in [7, 11) is 1.32. The molecule has 0 fully saturated rings. The lowest BCUT2D eigenvalue weighted by molar-refractivity contribution is 0.0600. The van der Waals surface area contributed by atoms with Crippen LogP contribution in [0.1, 0.15) is 26.6 Å². The Hall–Kier alpha value is -3.15. The first-order valence-corrected chi connectivity index (χ1v) is 6.94. The van der Waals surface area contributed by atoms with Gasteiger partial charge < -0.3 is 14.5 Å². The topological polar surface area (TPSA) is 81.4 Å². The second-order valence-corrected chi connectivity index (χ2v) is 4.94. The molecule has 0 aliphatic heterocycles. The van der Waals surface area contributed by atoms with Crippen molar-refractivity contribution in [1.82, 2.24) is 4.98 Å². The van der Waals surface area contributed by atoms with Crippen LogP contribution in [0.4, 0.5) is 5.69 Å². The predicted octanol–water partition coefficient (Wildman–Crippen LogP) is 3.18. The summed E-state index contributed by atoms with van der Waals surface area (Å²) in [5, 5.41) is 2.76. The number of aryl methyl sites for hydroxylation is 1. The van der Waals surface area contributed by atoms with Crippen LogP contribution in [0.2, 0.25) is 0 Å². The average Bonchev–Trinajstić information content (AvgIpc) is 2.93. The number of oxazole rings is 1. The Balaban J connectivity index is 1.78. The van der Waals surface area contributed by atoms with Gasteiger partial charge in [0.2, 0.25) is 0 Å². The largest absolute Gasteiger partial charge is 0.465 e. The van der Waals surface area contributed by atoms with E-state index in [1.807, 2.05) is 0 Å². The molecule has 0 atom stereocenters. The summed E-state index contributed by atoms with van der Waals surface area (Å²) in [6.45, 7) is 1.75. The standard InChI is InChI=1S/C17H14N2O4/c1-10-18-14-9-12(5-8-15(14)23-10)16(20)19-13-6-3-11(4-7-13)17(21)22-2/h3-9H,1-2H3,(H,19,20). The van der Waals surface area contributed by atoms with Gasteiger partial charge in [-0.1, -0.05) is 0 Å². The minimum absolute atomic E-state index is 0.265. The van der Waals surface area contributed by atoms with Gasteiger partial charge in [0.15, 0.2) is 11.5 Å². The zero-order valence-corrected chi connectivity index (χ0v) is 12.6. The molecular weight excluding hydrogens is 296 g/mol. The first-order valence-electron chi connectivity index (χ1n) is 6.94. The van der Waals surface area contributed by atoms with Crippen LogP contribution >= 0.6 is 0 Å². The Labute approximate surface area is 132 Å². The van der Waals surface area contributed by atoms with Crippen LogP contribution in [0, 0.1) is 6.92 Å². The van der Waals surface area contributed by atoms with Crippen molar-refractivity contribution in [2.45, 2.75) is 6.92 Å². The van der Waals surface area contributed by atoms with Gasteiger partial charge in [-0.25, -0.2) is 9.78 Å². The van der Waals surface area contributed by atoms with E-state index in [1.165, 1.54) is 7.11 Å². The van der Waals surface area contributed by atoms with E-state index in [9.17, 15) is 9.59 Å². The van der Waals surface area contributed by atoms with Gasteiger partial charge in [0, 0.05) is 18.2 Å². The summed E-state index contributed by atoms with van der Waals surface area (Å²) in [6.07, 6.45) is 0. The molecule has 0 bridgehead atoms. The minimum Gasteiger partial charge on any atom is -0.465 e. The number of anilines is 1. The molecule has 1 N–H and O–H groups in total. The summed E-state index contributed by atoms with van der Waals surface area (Å²) in [5.74, 6) is -0.135. The number of hydrogen-bond donors (Lipinski definition) is 1. The van der Waals surface area contributed by atoms with Gasteiger partial charge in [-0.2, -0.15) is 0 Å². The lowest BCUT2D eigenvalue weighted by atomic mass is 10.1. The van der Waals surface area contributed by atoms with Crippen molar-refractivity contribution in [3.05, 3.63) is 59.5 Å². The lowest BCUT2D eigenvalue weighted by Gasteiger charge is -2.06. The SMILES string of the molecule is COC(=O)c1ccc(NC(=O)c2ccc3oc(C)nc3c2)cc1. The molecular formula is C17H14N2O4. The Kier molecular flexibility index (Phi) is 3.80. The van der Waals surface area contributed by atoms with Crippen LogP contribution in [0.25, 0.3) is 11.1 Å². The summed E-state index contributed by atoms with van der Waals surface area (Å²) < 4.78 is 10.0. The maximum absolute atomic E-state index is 12.3. The van der Waals surface area contributed by atoms with Crippen LogP contribution in [0.15, 0.2) is 46.9 Å². The first-order chi connectivity index (χ1) is 11.1. The van der Waals surface area contributed by atoms with E-state index in [0.29, 0.717) is 33.8 Å². The van der Waals surface area contributed by atoms with E-state index in [0.717, 1.165) is 0 Å². The van der Waals surface area contributed by atoms with Gasteiger partial charge >= 0.3 is 5.97 Å². The number of amides is 1. The molecule has 6 nitrogen and oxygen atoms in total. The van der Waals surface area contributed by atoms with Gasteiger partial charge in [-0.15, -0.1) is 0 Å². The number of carbonyl (C=O) groups excluding carboxylic acids is 2. The summed E-state index contributed by atoms with van der Waals surface area (Å²) in [5.41, 5.74) is 2.75. The van der Waals surface area contributed by atoms with E-state index in [4.69, 9.17) is 4.42 Å². The Morgan fingerprint density at radius 2 is 1.78 bits per heavy atom. The second kappa shape index (κ2) is 5.92. The van der Waals surface area contributed by atoms with Crippen LogP contribution in [0.3, 0.4) is 0 Å². The third kappa shape index (κ3) is 3.06. The van der Waals surface area contributed by atoms with Crippen LogP contribution in [-0.2, 0) is 4.74 Å². The van der Waals surface area contributed by atoms with E-state index < -0.39 is 5.97 Å². The smallest absolute Gasteiger partial charge is 0.337 e. The molecule has 0 radical (unpaired) electrons. The van der Waals surface area contributed by atoms with Crippen LogP contribution in [-0.4, -0.2) is 24.0 Å². The fourth-order valence-corrected chi connectivity index (χ4v) is 2.19. The normalized spacial score (nSPS) is 10.5. The molecule has 0 saturated heterocycles. The third-order valence-corrected chi connectivity index (χ3v) is 3.32. The highest BCUT2D eigenvalue weighted by Gasteiger charge is 2.10. The minimum atomic E-state index is -0.422. The summed E-state index contributed by atoms with van der Waals surface area (Å²) in [6, 6.07) is 11.5. The van der Waals surface area contributed by atoms with Gasteiger partial charge in [-0.05, 0) is 42.5 Å². The summed E-state index contributed by atoms with van der Waals surface area (Å²) in [4.78, 5) is 27.9. The molecule has 1 aromatic heterocycles. The molecule has 0 aliphatic carbocycles. The highest BCUT2D eigenvalue weighted by molar-refractivity contribution is 6.06. The van der Waals surface area contributed by atoms with Crippen LogP contribution < -0.4 is 5.32 Å². The zero-order valence-electron chi connectivity index (χ0n) is 12.6. The molecule has 1 heterocycles. The first kappa shape index (κ1) is 14.8. The molecule has 0 saturated carbocycles. The molecule has 0 aliphatic rings. The fourth-order valence-electron chi connectivity index (χ4n) is 2.19. The predicted molar refractivity (Wildman–Crippen MR) is 84.5 cm³/mol. The van der Waals surface area contributed by atoms with Crippen LogP contribution in [0.5, 0.6) is 0 Å². The molecule has 3 aromatic rings. The number of ether oxygens (including phenoxy) is 1. The second-order valence-electron chi connectivity index (χ2n) is 4.94. The third-order valence-electron chi connectivity index (χ3n) is 3.32. The van der Waals surface area contributed by atoms with Crippen molar-refractivity contribution in [2.24, 2.45) is 0 Å². The lowest BCUT2D eigenvalue weighted by Crippen LogP contribution is -2.12. The number of nitrogens with zero attached hydrogens (tertiary/aromatic N) is 1. The number of aromatic nitrogens is 1. The number of fused-ring (bicyclic) bond motifs is 1. The monoisotopic (exact) mass is 310 g/mol. The highest BCUT2D eigenvalue weighted by atomic mass is 16.5. The molecule has 2 aromatic carbocycles. The molecule has 116 valence electrons. The van der Waals surface area contributed by atoms with Gasteiger partial charge in [0.1, 0.15) is 5.52 Å². The van der Waals surface area contributed by atoms with E-state index in [2.05, 4.69) is 15.0 Å². The van der Waals surface area contributed by atoms with Crippen molar-refractivity contribution >= 4 is 28.7 Å². The molecule has 0 unspecified atom stereocenters. The number of esters is 1. The maximum atomic E-state index is 12.3. The van der Waals surface area contributed by atoms with Crippen molar-refractivity contribution in [3.63, 3.8) is 0 Å². The van der Waals surface area contributed by atoms with Gasteiger partial charge in [-0.3, -0.25) is 4.79 Å². The average molecular weight is 310 g/mol. The quantitative estimate of drug-likeness (QED) is 0.751. The fraction of sp³-hybridized carbons (Fsp3) is 0.118. The Morgan fingerprint density at radius 3 is 2.48 bits per heavy atom. The van der Waals surface area contributed by atoms with Crippen molar-refractivity contribution < 1.29 is 18.7 Å². The number of carbonyl (C=O) groups is 2. The molecule has 3 rings (SSSR count). The molecule has 6 heteroatoms. The Bertz CT molecular complexity index is 881. The zero-order chi connectivity index (χ0) is 16.4. The van der Waals surface area contributed by atoms with Gasteiger partial charge in [0.25, 0.3) is 5.91 Å². The van der Waals surface area contributed by atoms with E-state index in [1.54, 1.807) is 49.4 Å². The number of nitrogens with one attached hydrogen (secondary N) is 1. The molecule has 0 spiro atoms. The summed E-state index contributed by atoms with van der Waals surface area (Å²) >= 11 is 0. The number of benzene rings is 2. The molecule has 1 amide bonds. The Morgan fingerprint density at radius 1 is 1.09 bits per heavy atom. The van der Waals surface area contributed by atoms with E-state index in [-0.39, 0.29) is 5.91 Å². The van der Waals surface area contributed by atoms with Crippen molar-refractivity contribution in [2.75, 3.05) is 12.4 Å². The van der Waals surface area contributed by atoms with E-state index >= 15 is 0 Å². The molecule has 23 heavy (non-hydrogen) atoms.